The summed E-state index contributed by atoms with van der Waals surface area (Å²) in [5.74, 6) is -0.0270. The third-order valence-electron chi connectivity index (χ3n) is 3.33. The molecule has 1 N–H and O–H groups in total. The highest BCUT2D eigenvalue weighted by Gasteiger charge is 2.26. The summed E-state index contributed by atoms with van der Waals surface area (Å²) in [7, 11) is 0. The third-order valence-corrected chi connectivity index (χ3v) is 3.33. The number of nitrogens with zero attached hydrogens (tertiary/aromatic N) is 3. The molecule has 1 aliphatic rings. The Hall–Kier alpha value is -1.85. The Morgan fingerprint density at radius 1 is 1.37 bits per heavy atom. The maximum absolute atomic E-state index is 12.3. The summed E-state index contributed by atoms with van der Waals surface area (Å²) in [6.07, 6.45) is 4.08. The largest absolute Gasteiger partial charge is 0.480 e. The number of carboxylic acids is 1. The van der Waals surface area contributed by atoms with E-state index in [4.69, 9.17) is 5.11 Å². The number of likely N-dealkylation sites (tertiary alicyclic amines) is 1. The summed E-state index contributed by atoms with van der Waals surface area (Å²) in [6.45, 7) is 5.58. The molecule has 0 radical (unpaired) electrons. The van der Waals surface area contributed by atoms with E-state index in [9.17, 15) is 9.59 Å². The second kappa shape index (κ2) is 5.42. The molecule has 1 amide bonds. The van der Waals surface area contributed by atoms with E-state index in [2.05, 4.69) is 18.9 Å². The number of carbonyl (C=O) groups excluding carboxylic acids is 1. The topological polar surface area (TPSA) is 75.4 Å². The zero-order chi connectivity index (χ0) is 14.0. The van der Waals surface area contributed by atoms with Gasteiger partial charge in [-0.2, -0.15) is 5.10 Å². The van der Waals surface area contributed by atoms with Crippen LogP contribution >= 0.6 is 0 Å². The van der Waals surface area contributed by atoms with Gasteiger partial charge in [-0.25, -0.2) is 0 Å². The smallest absolute Gasteiger partial charge is 0.325 e. The molecule has 0 aliphatic carbocycles. The number of piperidine rings is 1. The van der Waals surface area contributed by atoms with E-state index in [1.54, 1.807) is 0 Å². The summed E-state index contributed by atoms with van der Waals surface area (Å²) in [6, 6.07) is 0. The second-order valence-electron chi connectivity index (χ2n) is 5.48. The number of rotatable bonds is 3. The van der Waals surface area contributed by atoms with Crippen LogP contribution in [-0.4, -0.2) is 44.8 Å². The summed E-state index contributed by atoms with van der Waals surface area (Å²) in [5, 5.41) is 12.6. The molecule has 0 spiro atoms. The highest BCUT2D eigenvalue weighted by atomic mass is 16.4. The highest BCUT2D eigenvalue weighted by Crippen LogP contribution is 2.22. The molecule has 1 aromatic heterocycles. The summed E-state index contributed by atoms with van der Waals surface area (Å²) >= 11 is 0. The van der Waals surface area contributed by atoms with Crippen LogP contribution in [0.3, 0.4) is 0 Å². The first-order valence-electron chi connectivity index (χ1n) is 6.49. The van der Waals surface area contributed by atoms with E-state index in [-0.39, 0.29) is 12.5 Å². The van der Waals surface area contributed by atoms with E-state index in [0.717, 1.165) is 19.5 Å². The molecule has 6 heteroatoms. The summed E-state index contributed by atoms with van der Waals surface area (Å²) < 4.78 is 1.27. The molecule has 0 aromatic carbocycles. The highest BCUT2D eigenvalue weighted by molar-refractivity contribution is 5.93. The lowest BCUT2D eigenvalue weighted by molar-refractivity contribution is -0.137. The van der Waals surface area contributed by atoms with E-state index in [1.807, 2.05) is 4.90 Å². The fourth-order valence-electron chi connectivity index (χ4n) is 2.71. The number of carboxylic acid groups (broad SMARTS) is 1. The van der Waals surface area contributed by atoms with Crippen molar-refractivity contribution in [2.75, 3.05) is 13.1 Å². The molecular formula is C13H19N3O3. The van der Waals surface area contributed by atoms with Crippen molar-refractivity contribution in [3.05, 3.63) is 18.0 Å². The average molecular weight is 265 g/mol. The molecule has 0 bridgehead atoms. The number of hydrogen-bond acceptors (Lipinski definition) is 3. The molecule has 1 fully saturated rings. The van der Waals surface area contributed by atoms with Crippen LogP contribution in [0.15, 0.2) is 12.4 Å². The Bertz CT molecular complexity index is 473. The fourth-order valence-corrected chi connectivity index (χ4v) is 2.71. The van der Waals surface area contributed by atoms with Gasteiger partial charge in [-0.3, -0.25) is 14.3 Å². The van der Waals surface area contributed by atoms with Crippen LogP contribution in [0.5, 0.6) is 0 Å². The number of hydrogen-bond donors (Lipinski definition) is 1. The maximum atomic E-state index is 12.3. The molecule has 1 aliphatic heterocycles. The van der Waals surface area contributed by atoms with Crippen molar-refractivity contribution >= 4 is 11.9 Å². The van der Waals surface area contributed by atoms with Crippen LogP contribution in [-0.2, 0) is 11.3 Å². The van der Waals surface area contributed by atoms with Gasteiger partial charge in [0.25, 0.3) is 5.91 Å². The van der Waals surface area contributed by atoms with E-state index in [1.165, 1.54) is 17.1 Å². The van der Waals surface area contributed by atoms with E-state index in [0.29, 0.717) is 17.4 Å². The van der Waals surface area contributed by atoms with Gasteiger partial charge in [0.2, 0.25) is 0 Å². The Balaban J connectivity index is 2.06. The van der Waals surface area contributed by atoms with Gasteiger partial charge in [0.05, 0.1) is 11.8 Å². The van der Waals surface area contributed by atoms with Gasteiger partial charge >= 0.3 is 5.97 Å². The van der Waals surface area contributed by atoms with E-state index >= 15 is 0 Å². The van der Waals surface area contributed by atoms with Gasteiger partial charge in [-0.1, -0.05) is 13.8 Å². The number of aromatic nitrogens is 2. The van der Waals surface area contributed by atoms with Gasteiger partial charge in [0.1, 0.15) is 6.54 Å². The summed E-state index contributed by atoms with van der Waals surface area (Å²) in [5.41, 5.74) is 0.461. The first-order valence-corrected chi connectivity index (χ1v) is 6.49. The number of carbonyl (C=O) groups is 2. The lowest BCUT2D eigenvalue weighted by Gasteiger charge is -2.34. The lowest BCUT2D eigenvalue weighted by Crippen LogP contribution is -2.42. The predicted octanol–water partition coefficient (Wildman–Crippen LogP) is 1.09. The Labute approximate surface area is 112 Å². The van der Waals surface area contributed by atoms with Gasteiger partial charge in [-0.05, 0) is 18.3 Å². The van der Waals surface area contributed by atoms with Crippen LogP contribution in [0.1, 0.15) is 30.6 Å². The van der Waals surface area contributed by atoms with Crippen LogP contribution in [0, 0.1) is 11.8 Å². The Morgan fingerprint density at radius 3 is 2.58 bits per heavy atom. The molecule has 6 nitrogen and oxygen atoms in total. The first-order chi connectivity index (χ1) is 8.95. The first kappa shape index (κ1) is 13.6. The number of aliphatic carboxylic acids is 1. The number of amides is 1. The van der Waals surface area contributed by atoms with Crippen LogP contribution < -0.4 is 0 Å². The van der Waals surface area contributed by atoms with Gasteiger partial charge in [0.15, 0.2) is 0 Å². The van der Waals surface area contributed by atoms with Crippen molar-refractivity contribution in [1.29, 1.82) is 0 Å². The normalized spacial score (nSPS) is 23.4. The van der Waals surface area contributed by atoms with Crippen molar-refractivity contribution in [2.24, 2.45) is 11.8 Å². The monoisotopic (exact) mass is 265 g/mol. The van der Waals surface area contributed by atoms with Crippen molar-refractivity contribution in [2.45, 2.75) is 26.8 Å². The van der Waals surface area contributed by atoms with Crippen molar-refractivity contribution < 1.29 is 14.7 Å². The zero-order valence-corrected chi connectivity index (χ0v) is 11.2. The molecule has 2 atom stereocenters. The zero-order valence-electron chi connectivity index (χ0n) is 11.2. The molecule has 1 aromatic rings. The molecule has 2 rings (SSSR count). The lowest BCUT2D eigenvalue weighted by atomic mass is 9.91. The van der Waals surface area contributed by atoms with Crippen molar-refractivity contribution in [1.82, 2.24) is 14.7 Å². The van der Waals surface area contributed by atoms with Gasteiger partial charge in [-0.15, -0.1) is 0 Å². The molecule has 104 valence electrons. The standard InChI is InChI=1S/C13H19N3O3/c1-9-3-10(2)6-15(5-9)13(19)11-4-14-16(7-11)8-12(17)18/h4,7,9-10H,3,5-6,8H2,1-2H3,(H,17,18). The van der Waals surface area contributed by atoms with Crippen LogP contribution in [0.4, 0.5) is 0 Å². The Morgan fingerprint density at radius 2 is 2.00 bits per heavy atom. The molecular weight excluding hydrogens is 246 g/mol. The van der Waals surface area contributed by atoms with Crippen LogP contribution in [0.2, 0.25) is 0 Å². The minimum Gasteiger partial charge on any atom is -0.480 e. The molecule has 2 heterocycles. The van der Waals surface area contributed by atoms with E-state index < -0.39 is 5.97 Å². The van der Waals surface area contributed by atoms with Crippen LogP contribution in [0.25, 0.3) is 0 Å². The van der Waals surface area contributed by atoms with Crippen molar-refractivity contribution in [3.8, 4) is 0 Å². The summed E-state index contributed by atoms with van der Waals surface area (Å²) in [4.78, 5) is 24.7. The molecule has 2 unspecified atom stereocenters. The van der Waals surface area contributed by atoms with Gasteiger partial charge in [0, 0.05) is 19.3 Å². The van der Waals surface area contributed by atoms with Crippen molar-refractivity contribution in [3.63, 3.8) is 0 Å². The predicted molar refractivity (Wildman–Crippen MR) is 68.7 cm³/mol. The fraction of sp³-hybridized carbons (Fsp3) is 0.615. The second-order valence-corrected chi connectivity index (χ2v) is 5.48. The maximum Gasteiger partial charge on any atom is 0.325 e. The average Bonchev–Trinajstić information content (AvgIpc) is 2.74. The Kier molecular flexibility index (Phi) is 3.87. The quantitative estimate of drug-likeness (QED) is 0.887. The minimum absolute atomic E-state index is 0.0601. The third kappa shape index (κ3) is 3.33. The molecule has 0 saturated carbocycles. The van der Waals surface area contributed by atoms with Gasteiger partial charge < -0.3 is 10.0 Å². The minimum atomic E-state index is -0.970. The molecule has 19 heavy (non-hydrogen) atoms. The SMILES string of the molecule is CC1CC(C)CN(C(=O)c2cnn(CC(=O)O)c2)C1. The molecule has 1 saturated heterocycles.